The van der Waals surface area contributed by atoms with E-state index in [2.05, 4.69) is 42.3 Å². The summed E-state index contributed by atoms with van der Waals surface area (Å²) in [5.74, 6) is 0.575. The normalized spacial score (nSPS) is 11.7. The fourth-order valence-corrected chi connectivity index (χ4v) is 5.03. The Bertz CT molecular complexity index is 1100. The Morgan fingerprint density at radius 1 is 1.15 bits per heavy atom. The van der Waals surface area contributed by atoms with E-state index >= 15 is 0 Å². The first-order valence-electron chi connectivity index (χ1n) is 8.33. The van der Waals surface area contributed by atoms with E-state index in [-0.39, 0.29) is 10.8 Å². The van der Waals surface area contributed by atoms with Crippen molar-refractivity contribution in [2.75, 3.05) is 17.3 Å². The van der Waals surface area contributed by atoms with E-state index in [0.29, 0.717) is 22.8 Å². The SMILES string of the molecule is Cc1ccc(SCCC(=O)Nc2nc3ccc(S(C)(=O)=O)cc3s2)cc1C. The molecule has 1 amide bonds. The highest BCUT2D eigenvalue weighted by atomic mass is 32.2. The molecule has 2 aromatic carbocycles. The lowest BCUT2D eigenvalue weighted by Crippen LogP contribution is -2.11. The van der Waals surface area contributed by atoms with Gasteiger partial charge in [0.15, 0.2) is 15.0 Å². The molecule has 142 valence electrons. The van der Waals surface area contributed by atoms with Crippen LogP contribution in [0.25, 0.3) is 10.2 Å². The quantitative estimate of drug-likeness (QED) is 0.597. The molecule has 0 aliphatic heterocycles. The number of thiazole rings is 1. The minimum absolute atomic E-state index is 0.103. The van der Waals surface area contributed by atoms with Gasteiger partial charge in [-0.25, -0.2) is 13.4 Å². The molecule has 0 saturated carbocycles. The number of nitrogens with zero attached hydrogens (tertiary/aromatic N) is 1. The van der Waals surface area contributed by atoms with Crippen LogP contribution in [0.5, 0.6) is 0 Å². The molecule has 0 unspecified atom stereocenters. The molecular formula is C19H20N2O3S3. The number of nitrogens with one attached hydrogen (secondary N) is 1. The van der Waals surface area contributed by atoms with Crippen LogP contribution >= 0.6 is 23.1 Å². The molecule has 3 aromatic rings. The van der Waals surface area contributed by atoms with Crippen molar-refractivity contribution in [1.29, 1.82) is 0 Å². The third kappa shape index (κ3) is 5.09. The summed E-state index contributed by atoms with van der Waals surface area (Å²) in [5, 5.41) is 3.29. The molecule has 0 bridgehead atoms. The lowest BCUT2D eigenvalue weighted by Gasteiger charge is -2.05. The van der Waals surface area contributed by atoms with Gasteiger partial charge in [0.1, 0.15) is 0 Å². The molecule has 27 heavy (non-hydrogen) atoms. The molecule has 1 N–H and O–H groups in total. The van der Waals surface area contributed by atoms with Crippen LogP contribution in [0, 0.1) is 13.8 Å². The van der Waals surface area contributed by atoms with Gasteiger partial charge in [-0.05, 0) is 55.3 Å². The van der Waals surface area contributed by atoms with Crippen LogP contribution in [0.3, 0.4) is 0 Å². The van der Waals surface area contributed by atoms with Gasteiger partial charge in [-0.3, -0.25) is 4.79 Å². The number of sulfone groups is 1. The van der Waals surface area contributed by atoms with E-state index in [1.54, 1.807) is 23.9 Å². The summed E-state index contributed by atoms with van der Waals surface area (Å²) >= 11 is 2.92. The Balaban J connectivity index is 1.59. The van der Waals surface area contributed by atoms with Gasteiger partial charge >= 0.3 is 0 Å². The average molecular weight is 421 g/mol. The van der Waals surface area contributed by atoms with E-state index in [4.69, 9.17) is 0 Å². The molecular weight excluding hydrogens is 400 g/mol. The zero-order chi connectivity index (χ0) is 19.6. The summed E-state index contributed by atoms with van der Waals surface area (Å²) in [6.45, 7) is 4.16. The second-order valence-electron chi connectivity index (χ2n) is 6.31. The zero-order valence-electron chi connectivity index (χ0n) is 15.3. The summed E-state index contributed by atoms with van der Waals surface area (Å²) in [5.41, 5.74) is 3.17. The largest absolute Gasteiger partial charge is 0.302 e. The molecule has 0 saturated heterocycles. The van der Waals surface area contributed by atoms with Crippen molar-refractivity contribution in [3.8, 4) is 0 Å². The van der Waals surface area contributed by atoms with Crippen LogP contribution in [-0.2, 0) is 14.6 Å². The van der Waals surface area contributed by atoms with Gasteiger partial charge in [0.05, 0.1) is 15.1 Å². The number of aromatic nitrogens is 1. The van der Waals surface area contributed by atoms with Crippen LogP contribution in [0.15, 0.2) is 46.2 Å². The minimum atomic E-state index is -3.26. The van der Waals surface area contributed by atoms with Crippen molar-refractivity contribution in [3.63, 3.8) is 0 Å². The van der Waals surface area contributed by atoms with Crippen molar-refractivity contribution in [2.45, 2.75) is 30.1 Å². The second kappa shape index (κ2) is 8.00. The van der Waals surface area contributed by atoms with Crippen molar-refractivity contribution in [2.24, 2.45) is 0 Å². The van der Waals surface area contributed by atoms with Crippen molar-refractivity contribution in [3.05, 3.63) is 47.5 Å². The van der Waals surface area contributed by atoms with Crippen molar-refractivity contribution in [1.82, 2.24) is 4.98 Å². The second-order valence-corrected chi connectivity index (χ2v) is 10.5. The summed E-state index contributed by atoms with van der Waals surface area (Å²) in [4.78, 5) is 17.9. The van der Waals surface area contributed by atoms with Gasteiger partial charge in [0.2, 0.25) is 5.91 Å². The zero-order valence-corrected chi connectivity index (χ0v) is 17.7. The maximum atomic E-state index is 12.2. The van der Waals surface area contributed by atoms with Gasteiger partial charge in [0.25, 0.3) is 0 Å². The van der Waals surface area contributed by atoms with E-state index < -0.39 is 9.84 Å². The molecule has 0 aliphatic carbocycles. The Morgan fingerprint density at radius 3 is 2.63 bits per heavy atom. The van der Waals surface area contributed by atoms with E-state index in [0.717, 1.165) is 9.60 Å². The lowest BCUT2D eigenvalue weighted by atomic mass is 10.1. The lowest BCUT2D eigenvalue weighted by molar-refractivity contribution is -0.115. The fraction of sp³-hybridized carbons (Fsp3) is 0.263. The summed E-state index contributed by atoms with van der Waals surface area (Å²) in [7, 11) is -3.26. The number of hydrogen-bond acceptors (Lipinski definition) is 6. The molecule has 0 aliphatic rings. The maximum Gasteiger partial charge on any atom is 0.226 e. The number of rotatable bonds is 6. The van der Waals surface area contributed by atoms with E-state index in [9.17, 15) is 13.2 Å². The third-order valence-electron chi connectivity index (χ3n) is 4.11. The summed E-state index contributed by atoms with van der Waals surface area (Å²) in [6, 6.07) is 11.1. The molecule has 5 nitrogen and oxygen atoms in total. The van der Waals surface area contributed by atoms with E-state index in [1.165, 1.54) is 34.8 Å². The Labute approximate surface area is 167 Å². The number of hydrogen-bond donors (Lipinski definition) is 1. The van der Waals surface area contributed by atoms with Gasteiger partial charge in [-0.2, -0.15) is 0 Å². The average Bonchev–Trinajstić information content (AvgIpc) is 2.98. The molecule has 8 heteroatoms. The van der Waals surface area contributed by atoms with Crippen LogP contribution in [0.1, 0.15) is 17.5 Å². The van der Waals surface area contributed by atoms with Gasteiger partial charge in [-0.1, -0.05) is 17.4 Å². The molecule has 0 radical (unpaired) electrons. The molecule has 0 atom stereocenters. The first-order valence-corrected chi connectivity index (χ1v) is 12.0. The minimum Gasteiger partial charge on any atom is -0.302 e. The molecule has 0 spiro atoms. The smallest absolute Gasteiger partial charge is 0.226 e. The van der Waals surface area contributed by atoms with Gasteiger partial charge in [0, 0.05) is 23.3 Å². The van der Waals surface area contributed by atoms with Crippen LogP contribution in [0.2, 0.25) is 0 Å². The molecule has 1 aromatic heterocycles. The number of carbonyl (C=O) groups excluding carboxylic acids is 1. The van der Waals surface area contributed by atoms with E-state index in [1.807, 2.05) is 0 Å². The monoisotopic (exact) mass is 420 g/mol. The summed E-state index contributed by atoms with van der Waals surface area (Å²) < 4.78 is 24.0. The van der Waals surface area contributed by atoms with Crippen molar-refractivity contribution >= 4 is 54.2 Å². The number of thioether (sulfide) groups is 1. The summed E-state index contributed by atoms with van der Waals surface area (Å²) in [6.07, 6.45) is 1.55. The first-order chi connectivity index (χ1) is 12.7. The first kappa shape index (κ1) is 19.9. The predicted molar refractivity (Wildman–Crippen MR) is 113 cm³/mol. The number of carbonyl (C=O) groups is 1. The predicted octanol–water partition coefficient (Wildman–Crippen LogP) is 4.44. The Morgan fingerprint density at radius 2 is 1.93 bits per heavy atom. The number of anilines is 1. The Hall–Kier alpha value is -1.90. The highest BCUT2D eigenvalue weighted by Crippen LogP contribution is 2.28. The topological polar surface area (TPSA) is 76.1 Å². The molecule has 1 heterocycles. The Kier molecular flexibility index (Phi) is 5.88. The van der Waals surface area contributed by atoms with Gasteiger partial charge < -0.3 is 5.32 Å². The van der Waals surface area contributed by atoms with Gasteiger partial charge in [-0.15, -0.1) is 11.8 Å². The number of amides is 1. The van der Waals surface area contributed by atoms with Crippen molar-refractivity contribution < 1.29 is 13.2 Å². The molecule has 0 fully saturated rings. The highest BCUT2D eigenvalue weighted by Gasteiger charge is 2.12. The van der Waals surface area contributed by atoms with Crippen LogP contribution < -0.4 is 5.32 Å². The highest BCUT2D eigenvalue weighted by molar-refractivity contribution is 7.99. The molecule has 3 rings (SSSR count). The van der Waals surface area contributed by atoms with Crippen LogP contribution in [-0.4, -0.2) is 31.3 Å². The maximum absolute atomic E-state index is 12.2. The number of fused-ring (bicyclic) bond motifs is 1. The fourth-order valence-electron chi connectivity index (χ4n) is 2.44. The number of aryl methyl sites for hydroxylation is 2. The third-order valence-corrected chi connectivity index (χ3v) is 7.15. The van der Waals surface area contributed by atoms with Crippen LogP contribution in [0.4, 0.5) is 5.13 Å². The standard InChI is InChI=1S/C19H20N2O3S3/c1-12-4-5-14(10-13(12)2)25-9-8-18(22)21-19-20-16-7-6-15(27(3,23)24)11-17(16)26-19/h4-7,10-11H,8-9H2,1-3H3,(H,20,21,22). The number of benzene rings is 2.